The van der Waals surface area contributed by atoms with Crippen LogP contribution in [0.5, 0.6) is 0 Å². The summed E-state index contributed by atoms with van der Waals surface area (Å²) in [6.07, 6.45) is 4.62. The number of hydrogen-bond donors (Lipinski definition) is 9. The highest BCUT2D eigenvalue weighted by atomic mass is 19.1. The van der Waals surface area contributed by atoms with Gasteiger partial charge in [-0.25, -0.2) is 19.0 Å². The summed E-state index contributed by atoms with van der Waals surface area (Å²) in [5, 5.41) is 33.1. The first-order valence-electron chi connectivity index (χ1n) is 43.1. The van der Waals surface area contributed by atoms with Gasteiger partial charge in [-0.2, -0.15) is 0 Å². The fraction of sp³-hybridized carbons (Fsp3) is 0.640. The van der Waals surface area contributed by atoms with E-state index in [0.29, 0.717) is 235 Å². The lowest BCUT2D eigenvalue weighted by Crippen LogP contribution is -2.53. The molecule has 5 heterocycles. The first-order valence-corrected chi connectivity index (χ1v) is 43.1. The number of carbonyl (C=O) groups excluding carboxylic acids is 12. The number of methoxy groups -OCH3 is 1. The van der Waals surface area contributed by atoms with Gasteiger partial charge in [-0.05, 0) is 86.6 Å². The van der Waals surface area contributed by atoms with Gasteiger partial charge in [-0.3, -0.25) is 52.8 Å². The van der Waals surface area contributed by atoms with Gasteiger partial charge in [0.2, 0.25) is 59.1 Å². The van der Waals surface area contributed by atoms with E-state index >= 15 is 4.39 Å². The number of rotatable bonds is 67. The van der Waals surface area contributed by atoms with Gasteiger partial charge in [0.1, 0.15) is 37.8 Å². The molecule has 1 saturated heterocycles. The molecule has 0 bridgehead atoms. The predicted molar refractivity (Wildman–Crippen MR) is 447 cm³/mol. The Labute approximate surface area is 731 Å². The molecule has 126 heavy (non-hydrogen) atoms. The van der Waals surface area contributed by atoms with Crippen LogP contribution in [0.4, 0.5) is 4.39 Å². The molecule has 4 aliphatic heterocycles. The maximum atomic E-state index is 15.5. The molecule has 9 N–H and O–H groups in total. The summed E-state index contributed by atoms with van der Waals surface area (Å²) in [5.74, 6) is -8.42. The van der Waals surface area contributed by atoms with Crippen LogP contribution in [0.2, 0.25) is 0 Å². The molecular formula is C86H124FN11O28. The summed E-state index contributed by atoms with van der Waals surface area (Å²) < 4.78 is 96.7. The van der Waals surface area contributed by atoms with Crippen molar-refractivity contribution in [3.63, 3.8) is 0 Å². The highest BCUT2D eigenvalue weighted by Crippen LogP contribution is 2.48. The molecule has 8 rings (SSSR count). The lowest BCUT2D eigenvalue weighted by Gasteiger charge is -2.36. The lowest BCUT2D eigenvalue weighted by molar-refractivity contribution is -0.172. The zero-order valence-electron chi connectivity index (χ0n) is 72.6. The molecule has 3 aromatic rings. The van der Waals surface area contributed by atoms with E-state index in [2.05, 4.69) is 42.5 Å². The Bertz CT molecular complexity index is 4120. The second kappa shape index (κ2) is 56.6. The van der Waals surface area contributed by atoms with E-state index in [9.17, 15) is 62.6 Å². The number of nitrogens with zero attached hydrogens (tertiary/aromatic N) is 3. The SMILES string of the molecule is CC[C@@]1(O)C(=O)OC(=O)C2=C1C=C1c3nc4cc(F)c(C)c5c4c(c3CN1C2)[C@@H](NC(=O)COCNC(=O)CNC(=O)[C@H](Cc1ccccc1)NC(=O)CNC(=O)CNC(=O)[C@H](CCCCNC(=O)COCCOCCOCCOCCOCCOCCOCCOCCOCCOCCOCCOCCOC)NC(=O)CCCCCN1C(=O)CC(C)C1=O)CC5. The summed E-state index contributed by atoms with van der Waals surface area (Å²) in [6, 6.07) is 6.99. The van der Waals surface area contributed by atoms with Crippen molar-refractivity contribution in [3.8, 4) is 0 Å². The number of likely N-dealkylation sites (tertiary alicyclic amines) is 1. The number of pyridine rings is 1. The van der Waals surface area contributed by atoms with Gasteiger partial charge in [0, 0.05) is 74.5 Å². The first kappa shape index (κ1) is 102. The van der Waals surface area contributed by atoms with Crippen molar-refractivity contribution in [3.05, 3.63) is 92.9 Å². The highest BCUT2D eigenvalue weighted by Gasteiger charge is 2.51. The third-order valence-corrected chi connectivity index (χ3v) is 21.0. The predicted octanol–water partition coefficient (Wildman–Crippen LogP) is 0.216. The smallest absolute Gasteiger partial charge is 0.350 e. The van der Waals surface area contributed by atoms with Crippen LogP contribution in [0.25, 0.3) is 16.6 Å². The minimum atomic E-state index is -2.08. The minimum absolute atomic E-state index is 0.00929. The summed E-state index contributed by atoms with van der Waals surface area (Å²) in [7, 11) is 1.63. The first-order chi connectivity index (χ1) is 61.1. The van der Waals surface area contributed by atoms with Crippen LogP contribution in [0.3, 0.4) is 0 Å². The van der Waals surface area contributed by atoms with E-state index in [-0.39, 0.29) is 113 Å². The van der Waals surface area contributed by atoms with Crippen molar-refractivity contribution in [2.45, 2.75) is 128 Å². The molecular weight excluding hydrogens is 1650 g/mol. The lowest BCUT2D eigenvalue weighted by atomic mass is 9.81. The molecule has 2 aromatic carbocycles. The summed E-state index contributed by atoms with van der Waals surface area (Å²) in [5.41, 5.74) is 2.64. The van der Waals surface area contributed by atoms with Gasteiger partial charge in [-0.1, -0.05) is 50.6 Å². The van der Waals surface area contributed by atoms with E-state index in [1.165, 1.54) is 11.0 Å². The van der Waals surface area contributed by atoms with Crippen LogP contribution < -0.4 is 42.5 Å². The largest absolute Gasteiger partial charge is 0.387 e. The Hall–Kier alpha value is -9.50. The molecule has 1 fully saturated rings. The molecule has 0 saturated carbocycles. The van der Waals surface area contributed by atoms with Crippen LogP contribution in [0.1, 0.15) is 118 Å². The Morgan fingerprint density at radius 3 is 1.67 bits per heavy atom. The monoisotopic (exact) mass is 1780 g/mol. The van der Waals surface area contributed by atoms with E-state index < -0.39 is 116 Å². The van der Waals surface area contributed by atoms with E-state index in [1.807, 2.05) is 4.90 Å². The van der Waals surface area contributed by atoms with Crippen molar-refractivity contribution in [2.24, 2.45) is 5.92 Å². The molecule has 5 aliphatic rings. The zero-order chi connectivity index (χ0) is 90.3. The molecule has 1 aromatic heterocycles. The number of fused-ring (bicyclic) bond motifs is 4. The molecule has 1 aliphatic carbocycles. The number of nitrogens with one attached hydrogen (secondary N) is 8. The van der Waals surface area contributed by atoms with Crippen molar-refractivity contribution < 1.29 is 138 Å². The molecule has 5 atom stereocenters. The maximum Gasteiger partial charge on any atom is 0.350 e. The van der Waals surface area contributed by atoms with Crippen LogP contribution >= 0.6 is 0 Å². The van der Waals surface area contributed by atoms with Crippen LogP contribution in [0, 0.1) is 18.7 Å². The number of aromatic nitrogens is 1. The average molecular weight is 1780 g/mol. The van der Waals surface area contributed by atoms with Crippen molar-refractivity contribution in [1.29, 1.82) is 0 Å². The van der Waals surface area contributed by atoms with Gasteiger partial charge >= 0.3 is 11.9 Å². The molecule has 40 heteroatoms. The number of unbranched alkanes of at least 4 members (excludes halogenated alkanes) is 3. The van der Waals surface area contributed by atoms with Gasteiger partial charge in [-0.15, -0.1) is 0 Å². The second-order valence-corrected chi connectivity index (χ2v) is 30.2. The number of esters is 2. The third kappa shape index (κ3) is 34.3. The number of cyclic esters (lactones) is 2. The average Bonchev–Trinajstić information content (AvgIpc) is 1.52. The molecule has 0 radical (unpaired) electrons. The fourth-order valence-electron chi connectivity index (χ4n) is 14.3. The summed E-state index contributed by atoms with van der Waals surface area (Å²) >= 11 is 0. The number of aryl methyl sites for hydroxylation is 1. The second-order valence-electron chi connectivity index (χ2n) is 30.2. The standard InChI is InChI=1S/C86H124FN11O28/c1-5-86(111)64-48-70-80-63(54-97(70)53-62(64)84(109)126-85(86)110)79-66(19-18-61-59(3)65(87)49-68(96-80)78(61)79)93-76(104)56-125-57-92-73(101)51-91-82(107)69(47-60-14-8-6-9-15-60)95-74(102)52-89-72(100)50-90-81(106)67(94-71(99)17-10-7-13-21-98-77(105)46-58(2)83(98)108)16-11-12-20-88-75(103)55-124-45-44-123-43-42-122-41-40-121-39-38-120-37-36-119-35-34-118-33-32-117-31-30-116-29-28-115-27-26-114-25-24-113-23-22-112-4/h6,8-9,14-15,48-49,58,66-67,69,111H,5,7,10-13,16-47,50-57H2,1-4H3,(H,88,103)(H,89,100)(H,90,106)(H,91,107)(H,92,101)(H,93,104)(H,94,99)(H,95,102)/t58?,66-,67-,69-,86-/m0/s1. The quantitative estimate of drug-likeness (QED) is 0.0120. The van der Waals surface area contributed by atoms with Crippen LogP contribution in [-0.4, -0.2) is 333 Å². The zero-order valence-corrected chi connectivity index (χ0v) is 72.6. The minimum Gasteiger partial charge on any atom is -0.387 e. The number of amides is 10. The summed E-state index contributed by atoms with van der Waals surface area (Å²) in [4.78, 5) is 165. The van der Waals surface area contributed by atoms with Crippen molar-refractivity contribution in [1.82, 2.24) is 57.3 Å². The van der Waals surface area contributed by atoms with Gasteiger partial charge in [0.05, 0.1) is 213 Å². The maximum absolute atomic E-state index is 15.5. The molecule has 698 valence electrons. The van der Waals surface area contributed by atoms with Crippen LogP contribution in [0.15, 0.2) is 53.6 Å². The Kier molecular flexibility index (Phi) is 45.8. The molecule has 0 spiro atoms. The Morgan fingerprint density at radius 1 is 0.587 bits per heavy atom. The Balaban J connectivity index is 0.660. The number of halogens is 1. The number of hydrogen-bond acceptors (Lipinski definition) is 30. The van der Waals surface area contributed by atoms with Gasteiger partial charge in [0.15, 0.2) is 5.60 Å². The molecule has 39 nitrogen and oxygen atoms in total. The van der Waals surface area contributed by atoms with Crippen molar-refractivity contribution >= 4 is 87.6 Å². The summed E-state index contributed by atoms with van der Waals surface area (Å²) in [6.45, 7) is 12.8. The van der Waals surface area contributed by atoms with Gasteiger partial charge < -0.3 is 124 Å². The number of benzene rings is 2. The van der Waals surface area contributed by atoms with E-state index in [1.54, 1.807) is 64.3 Å². The fourth-order valence-corrected chi connectivity index (χ4v) is 14.3. The number of aliphatic hydroxyl groups is 1. The highest BCUT2D eigenvalue weighted by molar-refractivity contribution is 6.08. The van der Waals surface area contributed by atoms with E-state index in [0.717, 1.165) is 5.56 Å². The molecule has 1 unspecified atom stereocenters. The molecule has 10 amide bonds. The Morgan fingerprint density at radius 2 is 1.12 bits per heavy atom. The third-order valence-electron chi connectivity index (χ3n) is 21.0. The van der Waals surface area contributed by atoms with E-state index in [4.69, 9.17) is 76.0 Å². The normalized spacial score (nSPS) is 16.8. The number of ether oxygens (including phenoxy) is 15. The topological polar surface area (TPSA) is 479 Å². The van der Waals surface area contributed by atoms with Gasteiger partial charge in [0.25, 0.3) is 0 Å². The number of imide groups is 1. The van der Waals surface area contributed by atoms with Crippen LogP contribution in [-0.2, 0) is 148 Å². The van der Waals surface area contributed by atoms with Crippen molar-refractivity contribution in [2.75, 3.05) is 225 Å². The number of carbonyl (C=O) groups is 12.